The molecule has 2 heterocycles. The van der Waals surface area contributed by atoms with Gasteiger partial charge in [-0.05, 0) is 12.1 Å². The van der Waals surface area contributed by atoms with E-state index < -0.39 is 0 Å². The molecule has 0 aliphatic carbocycles. The number of amides is 1. The molecule has 3 rings (SSSR count). The van der Waals surface area contributed by atoms with E-state index in [0.29, 0.717) is 22.8 Å². The summed E-state index contributed by atoms with van der Waals surface area (Å²) in [5.74, 6) is -0.182. The monoisotopic (exact) mass is 276 g/mol. The second-order valence-electron chi connectivity index (χ2n) is 4.34. The van der Waals surface area contributed by atoms with Crippen molar-refractivity contribution >= 4 is 23.2 Å². The lowest BCUT2D eigenvalue weighted by Crippen LogP contribution is -2.30. The van der Waals surface area contributed by atoms with Gasteiger partial charge in [0.25, 0.3) is 5.91 Å². The molecule has 1 aliphatic rings. The molecule has 0 saturated carbocycles. The number of benzene rings is 1. The van der Waals surface area contributed by atoms with Gasteiger partial charge in [-0.2, -0.15) is 5.10 Å². The van der Waals surface area contributed by atoms with Gasteiger partial charge in [0.1, 0.15) is 0 Å². The van der Waals surface area contributed by atoms with Crippen molar-refractivity contribution in [2.24, 2.45) is 0 Å². The Morgan fingerprint density at radius 2 is 2.26 bits per heavy atom. The third-order valence-corrected chi connectivity index (χ3v) is 3.44. The van der Waals surface area contributed by atoms with E-state index in [9.17, 15) is 4.79 Å². The highest BCUT2D eigenvalue weighted by Crippen LogP contribution is 2.22. The first kappa shape index (κ1) is 12.2. The smallest absolute Gasteiger partial charge is 0.259 e. The quantitative estimate of drug-likeness (QED) is 0.881. The van der Waals surface area contributed by atoms with Crippen molar-refractivity contribution in [3.63, 3.8) is 0 Å². The van der Waals surface area contributed by atoms with Crippen LogP contribution in [0.1, 0.15) is 16.1 Å². The maximum atomic E-state index is 12.2. The van der Waals surface area contributed by atoms with E-state index >= 15 is 0 Å². The van der Waals surface area contributed by atoms with Crippen LogP contribution in [0.2, 0.25) is 5.02 Å². The van der Waals surface area contributed by atoms with Crippen LogP contribution in [0.4, 0.5) is 5.69 Å². The van der Waals surface area contributed by atoms with Gasteiger partial charge in [-0.1, -0.05) is 23.7 Å². The van der Waals surface area contributed by atoms with Crippen molar-refractivity contribution in [3.8, 4) is 0 Å². The predicted molar refractivity (Wildman–Crippen MR) is 73.3 cm³/mol. The maximum Gasteiger partial charge on any atom is 0.259 e. The number of nitrogens with zero attached hydrogens (tertiary/aromatic N) is 2. The van der Waals surface area contributed by atoms with Gasteiger partial charge >= 0.3 is 0 Å². The van der Waals surface area contributed by atoms with E-state index in [-0.39, 0.29) is 5.91 Å². The highest BCUT2D eigenvalue weighted by Gasteiger charge is 2.19. The fourth-order valence-corrected chi connectivity index (χ4v) is 2.31. The van der Waals surface area contributed by atoms with Crippen molar-refractivity contribution < 1.29 is 4.79 Å². The first-order chi connectivity index (χ1) is 9.25. The summed E-state index contributed by atoms with van der Waals surface area (Å²) < 4.78 is 1.86. The number of hydrogen-bond acceptors (Lipinski definition) is 3. The lowest BCUT2D eigenvalue weighted by Gasteiger charge is -2.16. The van der Waals surface area contributed by atoms with Crippen molar-refractivity contribution in [2.75, 3.05) is 11.9 Å². The second kappa shape index (κ2) is 5.03. The summed E-state index contributed by atoms with van der Waals surface area (Å²) in [7, 11) is 0. The molecule has 1 aliphatic heterocycles. The number of anilines is 1. The standard InChI is InChI=1S/C13H13ClN4O/c14-10-3-1-2-4-11(10)17-13(19)9-7-16-18-6-5-15-8-12(9)18/h1-4,7,15H,5-6,8H2,(H,17,19). The molecular weight excluding hydrogens is 264 g/mol. The minimum absolute atomic E-state index is 0.182. The predicted octanol–water partition coefficient (Wildman–Crippen LogP) is 1.89. The number of carbonyl (C=O) groups is 1. The summed E-state index contributed by atoms with van der Waals surface area (Å²) in [5, 5.41) is 10.8. The van der Waals surface area contributed by atoms with E-state index in [0.717, 1.165) is 18.8 Å². The van der Waals surface area contributed by atoms with Crippen LogP contribution in [-0.4, -0.2) is 22.2 Å². The first-order valence-electron chi connectivity index (χ1n) is 6.07. The molecule has 98 valence electrons. The van der Waals surface area contributed by atoms with Gasteiger partial charge in [-0.15, -0.1) is 0 Å². The molecule has 6 heteroatoms. The Bertz CT molecular complexity index is 623. The molecular formula is C13H13ClN4O. The SMILES string of the molecule is O=C(Nc1ccccc1Cl)c1cnn2c1CNCC2. The van der Waals surface area contributed by atoms with Gasteiger partial charge in [-0.3, -0.25) is 9.48 Å². The fourth-order valence-electron chi connectivity index (χ4n) is 2.12. The molecule has 5 nitrogen and oxygen atoms in total. The number of hydrogen-bond donors (Lipinski definition) is 2. The topological polar surface area (TPSA) is 59.0 Å². The highest BCUT2D eigenvalue weighted by atomic mass is 35.5. The lowest BCUT2D eigenvalue weighted by molar-refractivity contribution is 0.102. The summed E-state index contributed by atoms with van der Waals surface area (Å²) in [6.07, 6.45) is 1.61. The summed E-state index contributed by atoms with van der Waals surface area (Å²) in [6, 6.07) is 7.17. The highest BCUT2D eigenvalue weighted by molar-refractivity contribution is 6.33. The van der Waals surface area contributed by atoms with Crippen LogP contribution in [0.5, 0.6) is 0 Å². The van der Waals surface area contributed by atoms with Crippen LogP contribution in [0.15, 0.2) is 30.5 Å². The molecule has 0 atom stereocenters. The van der Waals surface area contributed by atoms with E-state index in [4.69, 9.17) is 11.6 Å². The number of halogens is 1. The average molecular weight is 277 g/mol. The molecule has 0 fully saturated rings. The largest absolute Gasteiger partial charge is 0.321 e. The van der Waals surface area contributed by atoms with E-state index in [1.165, 1.54) is 0 Å². The number of carbonyl (C=O) groups excluding carboxylic acids is 1. The van der Waals surface area contributed by atoms with Gasteiger partial charge in [0.15, 0.2) is 0 Å². The molecule has 0 spiro atoms. The van der Waals surface area contributed by atoms with E-state index in [1.807, 2.05) is 16.8 Å². The average Bonchev–Trinajstić information content (AvgIpc) is 2.85. The maximum absolute atomic E-state index is 12.2. The summed E-state index contributed by atoms with van der Waals surface area (Å²) in [5.41, 5.74) is 2.11. The van der Waals surface area contributed by atoms with Gasteiger partial charge in [0.2, 0.25) is 0 Å². The van der Waals surface area contributed by atoms with E-state index in [1.54, 1.807) is 18.3 Å². The lowest BCUT2D eigenvalue weighted by atomic mass is 10.2. The Kier molecular flexibility index (Phi) is 3.23. The molecule has 2 aromatic rings. The Morgan fingerprint density at radius 3 is 3.11 bits per heavy atom. The zero-order chi connectivity index (χ0) is 13.2. The second-order valence-corrected chi connectivity index (χ2v) is 4.75. The molecule has 1 aromatic carbocycles. The third kappa shape index (κ3) is 2.34. The van der Waals surface area contributed by atoms with Crippen molar-refractivity contribution in [1.82, 2.24) is 15.1 Å². The molecule has 0 unspecified atom stereocenters. The first-order valence-corrected chi connectivity index (χ1v) is 6.45. The third-order valence-electron chi connectivity index (χ3n) is 3.11. The molecule has 0 radical (unpaired) electrons. The van der Waals surface area contributed by atoms with Crippen LogP contribution >= 0.6 is 11.6 Å². The van der Waals surface area contributed by atoms with Crippen LogP contribution in [0.25, 0.3) is 0 Å². The number of para-hydroxylation sites is 1. The zero-order valence-electron chi connectivity index (χ0n) is 10.2. The number of rotatable bonds is 2. The van der Waals surface area contributed by atoms with Crippen LogP contribution in [-0.2, 0) is 13.1 Å². The van der Waals surface area contributed by atoms with Crippen LogP contribution in [0, 0.1) is 0 Å². The summed E-state index contributed by atoms with van der Waals surface area (Å²) >= 11 is 6.03. The molecule has 19 heavy (non-hydrogen) atoms. The Labute approximate surface area is 115 Å². The molecule has 1 aromatic heterocycles. The molecule has 0 saturated heterocycles. The van der Waals surface area contributed by atoms with Gasteiger partial charge in [0.05, 0.1) is 34.7 Å². The minimum atomic E-state index is -0.182. The summed E-state index contributed by atoms with van der Waals surface area (Å²) in [4.78, 5) is 12.2. The van der Waals surface area contributed by atoms with Crippen molar-refractivity contribution in [1.29, 1.82) is 0 Å². The number of fused-ring (bicyclic) bond motifs is 1. The van der Waals surface area contributed by atoms with E-state index in [2.05, 4.69) is 15.7 Å². The van der Waals surface area contributed by atoms with Crippen molar-refractivity contribution in [3.05, 3.63) is 46.7 Å². The van der Waals surface area contributed by atoms with Crippen molar-refractivity contribution in [2.45, 2.75) is 13.1 Å². The summed E-state index contributed by atoms with van der Waals surface area (Å²) in [6.45, 7) is 2.32. The van der Waals surface area contributed by atoms with Crippen LogP contribution in [0.3, 0.4) is 0 Å². The minimum Gasteiger partial charge on any atom is -0.321 e. The Balaban J connectivity index is 1.85. The Hall–Kier alpha value is -1.85. The van der Waals surface area contributed by atoms with Crippen LogP contribution < -0.4 is 10.6 Å². The molecule has 1 amide bonds. The zero-order valence-corrected chi connectivity index (χ0v) is 10.9. The number of aromatic nitrogens is 2. The molecule has 2 N–H and O–H groups in total. The van der Waals surface area contributed by atoms with Gasteiger partial charge in [0, 0.05) is 13.1 Å². The van der Waals surface area contributed by atoms with Gasteiger partial charge < -0.3 is 10.6 Å². The Morgan fingerprint density at radius 1 is 1.42 bits per heavy atom. The molecule has 0 bridgehead atoms. The normalized spacial score (nSPS) is 13.9. The fraction of sp³-hybridized carbons (Fsp3) is 0.231. The van der Waals surface area contributed by atoms with Gasteiger partial charge in [-0.25, -0.2) is 0 Å². The number of nitrogens with one attached hydrogen (secondary N) is 2.